The van der Waals surface area contributed by atoms with Crippen LogP contribution in [0.4, 0.5) is 20.4 Å². The molecular formula is C30H41F2N7O3S. The molecular weight excluding hydrogens is 576 g/mol. The van der Waals surface area contributed by atoms with Crippen molar-refractivity contribution in [2.45, 2.75) is 57.3 Å². The van der Waals surface area contributed by atoms with Gasteiger partial charge in [0, 0.05) is 41.4 Å². The van der Waals surface area contributed by atoms with Gasteiger partial charge < -0.3 is 10.6 Å². The van der Waals surface area contributed by atoms with E-state index in [1.807, 2.05) is 13.8 Å². The van der Waals surface area contributed by atoms with Gasteiger partial charge in [-0.25, -0.2) is 27.2 Å². The van der Waals surface area contributed by atoms with Crippen LogP contribution in [0.2, 0.25) is 0 Å². The van der Waals surface area contributed by atoms with E-state index in [4.69, 9.17) is 0 Å². The Kier molecular flexibility index (Phi) is 9.87. The standard InChI is InChI=1S/C28H29F2N7O3S.C2H6.3H2/c1-4-17-7-5-6-8-24(17)41(39,40)36-22-10-9-18(11-21(22)30)25-27(38)37(16(2)3)26-23(34-25)15-32-28(35-26)33-20-12-19(29)13-31-14-20;1-2;;;/h4-11,15-16,19-20,31,36H,1,12-14H2,2-3H3,(H,32,33,35);1-2H3;3*1H/t19-,20-;;;;/m0..../s1. The predicted octanol–water partition coefficient (Wildman–Crippen LogP) is 5.89. The smallest absolute Gasteiger partial charge is 0.278 e. The molecule has 0 spiro atoms. The number of halogens is 2. The van der Waals surface area contributed by atoms with Crippen molar-refractivity contribution in [2.24, 2.45) is 0 Å². The molecule has 10 nitrogen and oxygen atoms in total. The molecule has 1 aliphatic rings. The molecule has 0 bridgehead atoms. The number of alkyl halides is 1. The molecule has 2 aromatic carbocycles. The predicted molar refractivity (Wildman–Crippen MR) is 172 cm³/mol. The van der Waals surface area contributed by atoms with Gasteiger partial charge >= 0.3 is 0 Å². The van der Waals surface area contributed by atoms with Gasteiger partial charge in [-0.2, -0.15) is 4.98 Å². The fourth-order valence-corrected chi connectivity index (χ4v) is 6.04. The minimum Gasteiger partial charge on any atom is -0.350 e. The highest BCUT2D eigenvalue weighted by molar-refractivity contribution is 7.92. The highest BCUT2D eigenvalue weighted by Crippen LogP contribution is 2.27. The topological polar surface area (TPSA) is 131 Å². The first kappa shape index (κ1) is 31.7. The van der Waals surface area contributed by atoms with Crippen molar-refractivity contribution in [1.82, 2.24) is 24.8 Å². The number of benzene rings is 2. The summed E-state index contributed by atoms with van der Waals surface area (Å²) in [6.45, 7) is 12.1. The lowest BCUT2D eigenvalue weighted by atomic mass is 10.1. The molecule has 2 atom stereocenters. The van der Waals surface area contributed by atoms with E-state index in [2.05, 4.69) is 36.9 Å². The maximum absolute atomic E-state index is 15.2. The van der Waals surface area contributed by atoms with Crippen LogP contribution in [-0.2, 0) is 10.0 Å². The molecule has 2 aromatic heterocycles. The van der Waals surface area contributed by atoms with Gasteiger partial charge in [-0.05, 0) is 37.6 Å². The summed E-state index contributed by atoms with van der Waals surface area (Å²) in [5.74, 6) is -0.648. The van der Waals surface area contributed by atoms with Crippen LogP contribution in [0.15, 0.2) is 64.9 Å². The highest BCUT2D eigenvalue weighted by atomic mass is 32.2. The third-order valence-electron chi connectivity index (χ3n) is 6.69. The van der Waals surface area contributed by atoms with Gasteiger partial charge in [-0.1, -0.05) is 50.8 Å². The zero-order valence-electron chi connectivity index (χ0n) is 24.4. The van der Waals surface area contributed by atoms with E-state index in [9.17, 15) is 17.6 Å². The van der Waals surface area contributed by atoms with Crippen LogP contribution in [-0.4, -0.2) is 53.2 Å². The lowest BCUT2D eigenvalue weighted by Gasteiger charge is -2.26. The van der Waals surface area contributed by atoms with Gasteiger partial charge in [0.15, 0.2) is 5.65 Å². The van der Waals surface area contributed by atoms with Crippen molar-refractivity contribution >= 4 is 38.9 Å². The molecule has 0 radical (unpaired) electrons. The summed E-state index contributed by atoms with van der Waals surface area (Å²) in [5.41, 5.74) is 0.263. The minimum absolute atomic E-state index is 0. The molecule has 1 fully saturated rings. The Morgan fingerprint density at radius 1 is 1.16 bits per heavy atom. The largest absolute Gasteiger partial charge is 0.350 e. The summed E-state index contributed by atoms with van der Waals surface area (Å²) in [5, 5.41) is 6.12. The second kappa shape index (κ2) is 13.4. The number of piperidine rings is 1. The molecule has 13 heteroatoms. The SMILES string of the molecule is C=Cc1ccccc1S(=O)(=O)Nc1ccc(-c2nc3cnc(N[C@@H]4CNC[C@@H](F)C4)nc3n(C(C)C)c2=O)cc1F.CC.[HH].[HH].[HH]. The van der Waals surface area contributed by atoms with Crippen molar-refractivity contribution in [1.29, 1.82) is 0 Å². The van der Waals surface area contributed by atoms with Crippen molar-refractivity contribution in [3.63, 3.8) is 0 Å². The van der Waals surface area contributed by atoms with Crippen LogP contribution < -0.4 is 20.9 Å². The molecule has 234 valence electrons. The van der Waals surface area contributed by atoms with Gasteiger partial charge in [0.05, 0.1) is 16.8 Å². The van der Waals surface area contributed by atoms with E-state index in [0.717, 1.165) is 6.07 Å². The molecule has 0 aliphatic carbocycles. The second-order valence-corrected chi connectivity index (χ2v) is 11.7. The fraction of sp³-hybridized carbons (Fsp3) is 0.333. The van der Waals surface area contributed by atoms with E-state index in [1.165, 1.54) is 35.0 Å². The third kappa shape index (κ3) is 6.89. The number of nitrogens with one attached hydrogen (secondary N) is 3. The van der Waals surface area contributed by atoms with E-state index >= 15 is 4.39 Å². The number of fused-ring (bicyclic) bond motifs is 1. The zero-order chi connectivity index (χ0) is 31.3. The van der Waals surface area contributed by atoms with E-state index < -0.39 is 27.6 Å². The van der Waals surface area contributed by atoms with E-state index in [1.54, 1.807) is 32.0 Å². The second-order valence-electron chi connectivity index (χ2n) is 10.0. The highest BCUT2D eigenvalue weighted by Gasteiger charge is 2.24. The Morgan fingerprint density at radius 2 is 1.91 bits per heavy atom. The number of aromatic nitrogens is 4. The monoisotopic (exact) mass is 617 g/mol. The molecule has 0 amide bonds. The van der Waals surface area contributed by atoms with Gasteiger partial charge in [0.25, 0.3) is 15.6 Å². The Balaban J connectivity index is 0.00000208. The van der Waals surface area contributed by atoms with Crippen LogP contribution >= 0.6 is 0 Å². The van der Waals surface area contributed by atoms with Crippen molar-refractivity contribution in [2.75, 3.05) is 23.1 Å². The molecule has 43 heavy (non-hydrogen) atoms. The summed E-state index contributed by atoms with van der Waals surface area (Å²) in [7, 11) is -4.12. The molecule has 3 heterocycles. The van der Waals surface area contributed by atoms with Crippen LogP contribution in [0.3, 0.4) is 0 Å². The third-order valence-corrected chi connectivity index (χ3v) is 8.13. The molecule has 1 saturated heterocycles. The molecule has 4 aromatic rings. The number of nitrogens with zero attached hydrogens (tertiary/aromatic N) is 4. The fourth-order valence-electron chi connectivity index (χ4n) is 4.76. The molecule has 1 aliphatic heterocycles. The Hall–Kier alpha value is -4.23. The Labute approximate surface area is 253 Å². The van der Waals surface area contributed by atoms with Crippen LogP contribution in [0, 0.1) is 5.82 Å². The number of rotatable bonds is 8. The Morgan fingerprint density at radius 3 is 2.58 bits per heavy atom. The minimum atomic E-state index is -4.12. The lowest BCUT2D eigenvalue weighted by Crippen LogP contribution is -2.44. The average molecular weight is 618 g/mol. The first-order valence-electron chi connectivity index (χ1n) is 14.0. The van der Waals surface area contributed by atoms with Crippen LogP contribution in [0.5, 0.6) is 0 Å². The lowest BCUT2D eigenvalue weighted by molar-refractivity contribution is 0.254. The van der Waals surface area contributed by atoms with Crippen LogP contribution in [0.25, 0.3) is 28.5 Å². The summed E-state index contributed by atoms with van der Waals surface area (Å²) in [6.07, 6.45) is 2.17. The summed E-state index contributed by atoms with van der Waals surface area (Å²) >= 11 is 0. The van der Waals surface area contributed by atoms with Crippen LogP contribution in [0.1, 0.15) is 50.0 Å². The number of anilines is 2. The van der Waals surface area contributed by atoms with E-state index in [0.29, 0.717) is 30.6 Å². The first-order valence-corrected chi connectivity index (χ1v) is 15.5. The number of sulfonamides is 1. The number of hydrogen-bond acceptors (Lipinski definition) is 8. The normalized spacial score (nSPS) is 16.8. The van der Waals surface area contributed by atoms with E-state index in [-0.39, 0.29) is 49.8 Å². The van der Waals surface area contributed by atoms with Gasteiger partial charge in [-0.3, -0.25) is 14.1 Å². The van der Waals surface area contributed by atoms with Crippen molar-refractivity contribution in [3.05, 3.63) is 77.0 Å². The van der Waals surface area contributed by atoms with Crippen molar-refractivity contribution in [3.8, 4) is 11.3 Å². The number of hydrogen-bond donors (Lipinski definition) is 3. The maximum Gasteiger partial charge on any atom is 0.278 e. The summed E-state index contributed by atoms with van der Waals surface area (Å²) < 4.78 is 58.6. The quantitative estimate of drug-likeness (QED) is 0.223. The molecule has 0 saturated carbocycles. The average Bonchev–Trinajstić information content (AvgIpc) is 2.98. The van der Waals surface area contributed by atoms with Gasteiger partial charge in [-0.15, -0.1) is 0 Å². The van der Waals surface area contributed by atoms with Gasteiger partial charge in [0.1, 0.15) is 23.2 Å². The first-order chi connectivity index (χ1) is 20.6. The molecule has 0 unspecified atom stereocenters. The van der Waals surface area contributed by atoms with Gasteiger partial charge in [0.2, 0.25) is 5.95 Å². The zero-order valence-corrected chi connectivity index (χ0v) is 25.3. The summed E-state index contributed by atoms with van der Waals surface area (Å²) in [4.78, 5) is 26.7. The maximum atomic E-state index is 15.2. The van der Waals surface area contributed by atoms with Crippen molar-refractivity contribution < 1.29 is 21.5 Å². The summed E-state index contributed by atoms with van der Waals surface area (Å²) in [6, 6.07) is 9.37. The molecule has 3 N–H and O–H groups in total. The Bertz CT molecular complexity index is 1810. The molecule has 5 rings (SSSR count).